The number of aliphatic hydroxyl groups is 1. The third-order valence-electron chi connectivity index (χ3n) is 8.19. The van der Waals surface area contributed by atoms with Gasteiger partial charge in [0.25, 0.3) is 0 Å². The van der Waals surface area contributed by atoms with Crippen molar-refractivity contribution in [3.05, 3.63) is 60.3 Å². The van der Waals surface area contributed by atoms with Crippen molar-refractivity contribution in [3.8, 4) is 23.2 Å². The summed E-state index contributed by atoms with van der Waals surface area (Å²) in [4.78, 5) is 27.4. The molecule has 42 heavy (non-hydrogen) atoms. The van der Waals surface area contributed by atoms with Crippen LogP contribution in [0.1, 0.15) is 18.4 Å². The average Bonchev–Trinajstić information content (AvgIpc) is 3.01. The lowest BCUT2D eigenvalue weighted by molar-refractivity contribution is -0.135. The van der Waals surface area contributed by atoms with Gasteiger partial charge in [-0.1, -0.05) is 0 Å². The van der Waals surface area contributed by atoms with Crippen molar-refractivity contribution in [2.75, 3.05) is 69.3 Å². The van der Waals surface area contributed by atoms with Crippen LogP contribution in [0.25, 0.3) is 11.4 Å². The van der Waals surface area contributed by atoms with Crippen LogP contribution in [0.3, 0.4) is 0 Å². The molecule has 3 aliphatic rings. The molecule has 0 aliphatic carbocycles. The summed E-state index contributed by atoms with van der Waals surface area (Å²) in [6.45, 7) is 6.43. The molecule has 2 N–H and O–H groups in total. The van der Waals surface area contributed by atoms with Crippen molar-refractivity contribution in [2.45, 2.75) is 25.0 Å². The van der Waals surface area contributed by atoms with Crippen LogP contribution < -0.4 is 15.0 Å². The maximum Gasteiger partial charge on any atom is 0.248 e. The fourth-order valence-corrected chi connectivity index (χ4v) is 5.61. The largest absolute Gasteiger partial charge is 0.489 e. The Morgan fingerprint density at radius 2 is 1.81 bits per heavy atom. The molecule has 0 bridgehead atoms. The summed E-state index contributed by atoms with van der Waals surface area (Å²) in [5.74, 6) is 1.40. The number of nitrogens with one attached hydrogen (secondary N) is 1. The van der Waals surface area contributed by atoms with E-state index in [1.807, 2.05) is 12.1 Å². The molecule has 0 saturated carbocycles. The van der Waals surface area contributed by atoms with Gasteiger partial charge < -0.3 is 29.7 Å². The predicted molar refractivity (Wildman–Crippen MR) is 158 cm³/mol. The first-order chi connectivity index (χ1) is 20.6. The van der Waals surface area contributed by atoms with Crippen molar-refractivity contribution in [3.63, 3.8) is 0 Å². The zero-order valence-corrected chi connectivity index (χ0v) is 23.5. The predicted octanol–water partition coefficient (Wildman–Crippen LogP) is 2.64. The number of carbonyl (C=O) groups is 1. The molecule has 0 spiro atoms. The quantitative estimate of drug-likeness (QED) is 0.418. The third kappa shape index (κ3) is 6.31. The molecule has 3 aromatic rings. The highest BCUT2D eigenvalue weighted by molar-refractivity contribution is 5.77. The molecule has 6 rings (SSSR count). The van der Waals surface area contributed by atoms with Crippen LogP contribution in [0.2, 0.25) is 0 Å². The summed E-state index contributed by atoms with van der Waals surface area (Å²) >= 11 is 0. The summed E-state index contributed by atoms with van der Waals surface area (Å²) in [6.07, 6.45) is 2.88. The van der Waals surface area contributed by atoms with Crippen LogP contribution in [0.15, 0.2) is 54.7 Å². The molecule has 3 aliphatic heterocycles. The van der Waals surface area contributed by atoms with E-state index >= 15 is 0 Å². The van der Waals surface area contributed by atoms with E-state index in [0.29, 0.717) is 60.5 Å². The van der Waals surface area contributed by atoms with Crippen LogP contribution in [0.5, 0.6) is 5.75 Å². The number of aromatic nitrogens is 2. The Morgan fingerprint density at radius 3 is 2.48 bits per heavy atom. The molecule has 4 heterocycles. The first-order valence-electron chi connectivity index (χ1n) is 14.5. The molecule has 2 aromatic carbocycles. The topological polar surface area (TPSA) is 127 Å². The molecule has 0 unspecified atom stereocenters. The Bertz CT molecular complexity index is 1420. The number of rotatable bonds is 8. The number of nitrogens with zero attached hydrogens (tertiary/aromatic N) is 6. The molecule has 11 heteroatoms. The Hall–Kier alpha value is -4.24. The van der Waals surface area contributed by atoms with E-state index in [0.717, 1.165) is 45.1 Å². The number of hydrogen-bond donors (Lipinski definition) is 2. The Labute approximate surface area is 245 Å². The van der Waals surface area contributed by atoms with Crippen LogP contribution in [0.4, 0.5) is 17.2 Å². The molecule has 1 aromatic heterocycles. The van der Waals surface area contributed by atoms with Gasteiger partial charge >= 0.3 is 0 Å². The summed E-state index contributed by atoms with van der Waals surface area (Å²) in [6, 6.07) is 18.4. The van der Waals surface area contributed by atoms with Gasteiger partial charge in [-0.2, -0.15) is 5.26 Å². The summed E-state index contributed by atoms with van der Waals surface area (Å²) in [5.41, 5.74) is 3.26. The minimum atomic E-state index is -0.480. The second kappa shape index (κ2) is 12.7. The standard InChI is InChI=1S/C31H35N7O4/c32-18-23-17-22(1-6-28(23)42-27-8-11-38(12-9-27)30(40)19-39)31-33-10-7-29(35-31)34-24-2-4-25(5-3-24)36-13-15-37(16-14-36)26-20-41-21-26/h1-7,10,17,26-27,39H,8-9,11-16,19-21H2,(H,33,34,35). The van der Waals surface area contributed by atoms with E-state index < -0.39 is 6.61 Å². The number of anilines is 3. The third-order valence-corrected chi connectivity index (χ3v) is 8.19. The SMILES string of the molecule is N#Cc1cc(-c2nccc(Nc3ccc(N4CCN(C5COC5)CC4)cc3)n2)ccc1OC1CCN(C(=O)CO)CC1. The van der Waals surface area contributed by atoms with E-state index in [1.165, 1.54) is 5.69 Å². The van der Waals surface area contributed by atoms with Gasteiger partial charge in [-0.15, -0.1) is 0 Å². The fraction of sp³-hybridized carbons (Fsp3) is 0.419. The van der Waals surface area contributed by atoms with Crippen LogP contribution in [-0.2, 0) is 9.53 Å². The summed E-state index contributed by atoms with van der Waals surface area (Å²) in [5, 5.41) is 22.2. The van der Waals surface area contributed by atoms with Crippen molar-refractivity contribution in [2.24, 2.45) is 0 Å². The Balaban J connectivity index is 1.07. The number of amides is 1. The first kappa shape index (κ1) is 27.9. The van der Waals surface area contributed by atoms with Gasteiger partial charge in [-0.25, -0.2) is 9.97 Å². The molecule has 11 nitrogen and oxygen atoms in total. The fourth-order valence-electron chi connectivity index (χ4n) is 5.61. The van der Waals surface area contributed by atoms with E-state index in [1.54, 1.807) is 23.2 Å². The maximum absolute atomic E-state index is 11.7. The van der Waals surface area contributed by atoms with Gasteiger partial charge in [-0.05, 0) is 48.5 Å². The molecule has 0 radical (unpaired) electrons. The van der Waals surface area contributed by atoms with E-state index in [-0.39, 0.29) is 12.0 Å². The molecule has 0 atom stereocenters. The van der Waals surface area contributed by atoms with Gasteiger partial charge in [0, 0.05) is 75.2 Å². The zero-order valence-electron chi connectivity index (χ0n) is 23.5. The number of ether oxygens (including phenoxy) is 2. The highest BCUT2D eigenvalue weighted by Gasteiger charge is 2.29. The number of aliphatic hydroxyl groups excluding tert-OH is 1. The van der Waals surface area contributed by atoms with Crippen molar-refractivity contribution in [1.82, 2.24) is 19.8 Å². The van der Waals surface area contributed by atoms with Crippen molar-refractivity contribution < 1.29 is 19.4 Å². The molecule has 3 fully saturated rings. The molecule has 218 valence electrons. The number of hydrogen-bond acceptors (Lipinski definition) is 10. The minimum Gasteiger partial charge on any atom is -0.489 e. The number of benzene rings is 2. The lowest BCUT2D eigenvalue weighted by Crippen LogP contribution is -2.56. The lowest BCUT2D eigenvalue weighted by atomic mass is 10.1. The van der Waals surface area contributed by atoms with Gasteiger partial charge in [0.1, 0.15) is 30.3 Å². The number of carbonyl (C=O) groups excluding carboxylic acids is 1. The smallest absolute Gasteiger partial charge is 0.248 e. The van der Waals surface area contributed by atoms with Crippen LogP contribution in [-0.4, -0.2) is 102 Å². The Morgan fingerprint density at radius 1 is 1.05 bits per heavy atom. The number of piperidine rings is 1. The van der Waals surface area contributed by atoms with Crippen LogP contribution >= 0.6 is 0 Å². The van der Waals surface area contributed by atoms with Gasteiger partial charge in [-0.3, -0.25) is 9.69 Å². The normalized spacial score (nSPS) is 18.3. The highest BCUT2D eigenvalue weighted by atomic mass is 16.5. The number of nitriles is 1. The monoisotopic (exact) mass is 569 g/mol. The van der Waals surface area contributed by atoms with Gasteiger partial charge in [0.2, 0.25) is 5.91 Å². The zero-order chi connectivity index (χ0) is 28.9. The summed E-state index contributed by atoms with van der Waals surface area (Å²) < 4.78 is 11.5. The summed E-state index contributed by atoms with van der Waals surface area (Å²) in [7, 11) is 0. The number of piperazine rings is 1. The second-order valence-electron chi connectivity index (χ2n) is 10.8. The van der Waals surface area contributed by atoms with E-state index in [9.17, 15) is 10.1 Å². The van der Waals surface area contributed by atoms with Crippen molar-refractivity contribution >= 4 is 23.1 Å². The van der Waals surface area contributed by atoms with E-state index in [2.05, 4.69) is 55.4 Å². The Kier molecular flexibility index (Phi) is 8.46. The first-order valence-corrected chi connectivity index (χ1v) is 14.5. The molecular formula is C31H35N7O4. The minimum absolute atomic E-state index is 0.104. The second-order valence-corrected chi connectivity index (χ2v) is 10.8. The average molecular weight is 570 g/mol. The van der Waals surface area contributed by atoms with E-state index in [4.69, 9.17) is 14.6 Å². The highest BCUT2D eigenvalue weighted by Crippen LogP contribution is 2.28. The van der Waals surface area contributed by atoms with Crippen molar-refractivity contribution in [1.29, 1.82) is 5.26 Å². The number of likely N-dealkylation sites (tertiary alicyclic amines) is 1. The van der Waals surface area contributed by atoms with Crippen LogP contribution in [0, 0.1) is 11.3 Å². The maximum atomic E-state index is 11.7. The van der Waals surface area contributed by atoms with Gasteiger partial charge in [0.05, 0.1) is 24.8 Å². The molecule has 1 amide bonds. The van der Waals surface area contributed by atoms with Gasteiger partial charge in [0.15, 0.2) is 5.82 Å². The lowest BCUT2D eigenvalue weighted by Gasteiger charge is -2.43. The molecule has 3 saturated heterocycles. The molecular weight excluding hydrogens is 534 g/mol.